The van der Waals surface area contributed by atoms with Crippen molar-refractivity contribution >= 4 is 141 Å². The van der Waals surface area contributed by atoms with E-state index in [0.29, 0.717) is 0 Å². The second kappa shape index (κ2) is 32.6. The number of hydrogen-bond acceptors (Lipinski definition) is 3. The fourth-order valence-electron chi connectivity index (χ4n) is 20.3. The Hall–Kier alpha value is -17.2. The Morgan fingerprint density at radius 2 is 0.462 bits per heavy atom. The molecule has 0 unspecified atom stereocenters. The average Bonchev–Trinajstić information content (AvgIpc) is 1.57. The Morgan fingerprint density at radius 1 is 0.159 bits per heavy atom. The summed E-state index contributed by atoms with van der Waals surface area (Å²) in [7, 11) is 0. The van der Waals surface area contributed by atoms with Crippen LogP contribution >= 0.6 is 11.3 Å². The zero-order valence-corrected chi connectivity index (χ0v) is 72.6. The van der Waals surface area contributed by atoms with E-state index in [1.54, 1.807) is 0 Å². The highest BCUT2D eigenvalue weighted by Gasteiger charge is 2.26. The van der Waals surface area contributed by atoms with Gasteiger partial charge in [0.05, 0.1) is 33.1 Å². The van der Waals surface area contributed by atoms with Crippen molar-refractivity contribution in [3.8, 4) is 117 Å². The predicted octanol–water partition coefficient (Wildman–Crippen LogP) is 35.5. The molecule has 0 saturated carbocycles. The van der Waals surface area contributed by atoms with Gasteiger partial charge in [-0.3, -0.25) is 0 Å². The number of nitrogens with zero attached hydrogens (tertiary/aromatic N) is 3. The van der Waals surface area contributed by atoms with Gasteiger partial charge in [-0.2, -0.15) is 0 Å². The van der Waals surface area contributed by atoms with Crippen LogP contribution in [0.15, 0.2) is 500 Å². The molecule has 0 saturated heterocycles. The van der Waals surface area contributed by atoms with E-state index in [0.717, 1.165) is 72.1 Å². The molecule has 0 amide bonds. The van der Waals surface area contributed by atoms with Gasteiger partial charge in [-0.1, -0.05) is 352 Å². The molecule has 0 atom stereocenters. The van der Waals surface area contributed by atoms with Gasteiger partial charge in [-0.05, 0) is 217 Å². The monoisotopic (exact) mass is 1700 g/mol. The van der Waals surface area contributed by atoms with Crippen LogP contribution in [0.5, 0.6) is 0 Å². The lowest BCUT2D eigenvalue weighted by molar-refractivity contribution is 0.669. The standard InChI is InChI=1S/2C42H27NO.C42H27NS/c1-4-13-28(14-5-1)31-26-36(29-15-6-2-7-16-29)41-38(27-31)37-25-30(23-24-39(37)43(41)32-17-8-3-9-18-32)33-20-12-21-35-34-19-10-11-22-40(34)44-42(33)35;1-4-12-28(13-5-1)32-26-35(29-14-6-2-7-15-29)42-38(27-32)36-24-30(20-22-39(36)43(42)33-16-8-3-9-17-33)31-21-23-41-37(25-31)34-18-10-11-19-40(34)44-41;1-4-13-28(14-5-1)31-26-36(29-15-6-2-7-16-29)41-38(27-31)37-25-30(23-24-39(37)43(41)32-17-8-3-9-18-32)33-20-12-21-35-34-19-10-11-22-40(34)44-42(33)35/h3*1-27H. The zero-order chi connectivity index (χ0) is 87.1. The first-order valence-corrected chi connectivity index (χ1v) is 45.9. The van der Waals surface area contributed by atoms with Crippen molar-refractivity contribution in [1.29, 1.82) is 0 Å². The number of hydrogen-bond donors (Lipinski definition) is 0. The van der Waals surface area contributed by atoms with Gasteiger partial charge < -0.3 is 22.5 Å². The predicted molar refractivity (Wildman–Crippen MR) is 559 cm³/mol. The first-order chi connectivity index (χ1) is 65.5. The summed E-state index contributed by atoms with van der Waals surface area (Å²) in [6.45, 7) is 0. The summed E-state index contributed by atoms with van der Waals surface area (Å²) in [5, 5.41) is 14.6. The van der Waals surface area contributed by atoms with Crippen molar-refractivity contribution in [3.63, 3.8) is 0 Å². The van der Waals surface area contributed by atoms with Crippen molar-refractivity contribution in [2.75, 3.05) is 0 Å². The molecule has 0 aliphatic rings. The van der Waals surface area contributed by atoms with E-state index < -0.39 is 0 Å². The molecule has 0 radical (unpaired) electrons. The summed E-state index contributed by atoms with van der Waals surface area (Å²) in [6.07, 6.45) is 0. The minimum atomic E-state index is 0.914. The van der Waals surface area contributed by atoms with E-state index in [1.807, 2.05) is 35.6 Å². The number of para-hydroxylation sites is 6. The van der Waals surface area contributed by atoms with Crippen LogP contribution in [0.1, 0.15) is 0 Å². The minimum absolute atomic E-state index is 0.914. The molecule has 21 aromatic carbocycles. The maximum atomic E-state index is 6.46. The van der Waals surface area contributed by atoms with Crippen LogP contribution in [0.4, 0.5) is 0 Å². The van der Waals surface area contributed by atoms with Crippen LogP contribution in [0.25, 0.3) is 247 Å². The maximum Gasteiger partial charge on any atom is 0.143 e. The molecular weight excluding hydrogens is 1620 g/mol. The summed E-state index contributed by atoms with van der Waals surface area (Å²) >= 11 is 1.89. The maximum absolute atomic E-state index is 6.46. The van der Waals surface area contributed by atoms with Crippen LogP contribution in [-0.2, 0) is 0 Å². The third-order valence-corrected chi connectivity index (χ3v) is 27.6. The Kier molecular flexibility index (Phi) is 19.1. The summed E-state index contributed by atoms with van der Waals surface area (Å²) in [5.41, 5.74) is 36.0. The van der Waals surface area contributed by atoms with E-state index in [4.69, 9.17) is 8.83 Å². The number of aromatic nitrogens is 3. The third kappa shape index (κ3) is 13.5. The van der Waals surface area contributed by atoms with Crippen LogP contribution in [0, 0.1) is 0 Å². The number of furan rings is 2. The van der Waals surface area contributed by atoms with E-state index >= 15 is 0 Å². The minimum Gasteiger partial charge on any atom is -0.456 e. The SMILES string of the molecule is c1ccc(-c2cc(-c3ccccc3)c3c(c2)c2cc(-c4ccc5oc6ccccc6c5c4)ccc2n3-c2ccccc2)cc1.c1ccc(-c2cc(-c3ccccc3)c3c(c2)c2cc(-c4cccc5c4oc4ccccc45)ccc2n3-c2ccccc2)cc1.c1ccc(-c2cc(-c3ccccc3)c3c(c2)c2cc(-c4cccc5c4sc4ccccc45)ccc2n3-c2ccccc2)cc1. The van der Waals surface area contributed by atoms with Gasteiger partial charge in [0.15, 0.2) is 0 Å². The molecular formula is C126H81N3O2S. The lowest BCUT2D eigenvalue weighted by Crippen LogP contribution is -1.95. The number of benzene rings is 21. The zero-order valence-electron chi connectivity index (χ0n) is 71.8. The third-order valence-electron chi connectivity index (χ3n) is 26.3. The highest BCUT2D eigenvalue weighted by atomic mass is 32.1. The Labute approximate surface area is 766 Å². The molecule has 27 aromatic rings. The van der Waals surface area contributed by atoms with Crippen molar-refractivity contribution < 1.29 is 8.83 Å². The molecule has 0 aliphatic heterocycles. The molecule has 618 valence electrons. The van der Waals surface area contributed by atoms with Gasteiger partial charge in [-0.25, -0.2) is 0 Å². The molecule has 27 rings (SSSR count). The summed E-state index contributed by atoms with van der Waals surface area (Å²) in [4.78, 5) is 0. The first kappa shape index (κ1) is 77.2. The van der Waals surface area contributed by atoms with Crippen molar-refractivity contribution in [1.82, 2.24) is 13.7 Å². The molecule has 6 heteroatoms. The van der Waals surface area contributed by atoms with Gasteiger partial charge in [0, 0.05) is 113 Å². The summed E-state index contributed by atoms with van der Waals surface area (Å²) < 4.78 is 22.6. The van der Waals surface area contributed by atoms with Gasteiger partial charge in [0.25, 0.3) is 0 Å². The van der Waals surface area contributed by atoms with Gasteiger partial charge in [-0.15, -0.1) is 11.3 Å². The van der Waals surface area contributed by atoms with Crippen molar-refractivity contribution in [2.24, 2.45) is 0 Å². The Bertz CT molecular complexity index is 8720. The molecule has 0 fully saturated rings. The molecule has 0 spiro atoms. The normalized spacial score (nSPS) is 11.6. The fraction of sp³-hybridized carbons (Fsp3) is 0. The molecule has 6 heterocycles. The van der Waals surface area contributed by atoms with E-state index in [-0.39, 0.29) is 0 Å². The Balaban J connectivity index is 0.000000106. The van der Waals surface area contributed by atoms with E-state index in [9.17, 15) is 0 Å². The van der Waals surface area contributed by atoms with Gasteiger partial charge >= 0.3 is 0 Å². The smallest absolute Gasteiger partial charge is 0.143 e. The molecule has 132 heavy (non-hydrogen) atoms. The lowest BCUT2D eigenvalue weighted by atomic mass is 9.94. The largest absolute Gasteiger partial charge is 0.456 e. The summed E-state index contributed by atoms with van der Waals surface area (Å²) in [5.74, 6) is 0. The second-order valence-corrected chi connectivity index (χ2v) is 35.1. The molecule has 6 aromatic heterocycles. The van der Waals surface area contributed by atoms with E-state index in [2.05, 4.69) is 481 Å². The summed E-state index contributed by atoms with van der Waals surface area (Å²) in [6, 6.07) is 177. The van der Waals surface area contributed by atoms with Crippen LogP contribution in [0.2, 0.25) is 0 Å². The van der Waals surface area contributed by atoms with Crippen LogP contribution in [-0.4, -0.2) is 13.7 Å². The average molecular weight is 1700 g/mol. The van der Waals surface area contributed by atoms with Crippen molar-refractivity contribution in [3.05, 3.63) is 491 Å². The number of thiophene rings is 1. The second-order valence-electron chi connectivity index (χ2n) is 34.0. The topological polar surface area (TPSA) is 41.1 Å². The highest BCUT2D eigenvalue weighted by Crippen LogP contribution is 2.50. The highest BCUT2D eigenvalue weighted by molar-refractivity contribution is 7.26. The van der Waals surface area contributed by atoms with Gasteiger partial charge in [0.1, 0.15) is 22.3 Å². The van der Waals surface area contributed by atoms with Crippen LogP contribution in [0.3, 0.4) is 0 Å². The van der Waals surface area contributed by atoms with Gasteiger partial charge in [0.2, 0.25) is 0 Å². The Morgan fingerprint density at radius 3 is 0.902 bits per heavy atom. The number of fused-ring (bicyclic) bond motifs is 18. The lowest BCUT2D eigenvalue weighted by Gasteiger charge is -2.13. The van der Waals surface area contributed by atoms with Crippen molar-refractivity contribution in [2.45, 2.75) is 0 Å². The fourth-order valence-corrected chi connectivity index (χ4v) is 21.5. The quantitative estimate of drug-likeness (QED) is 0.122. The molecule has 0 N–H and O–H groups in total. The molecule has 0 bridgehead atoms. The van der Waals surface area contributed by atoms with Crippen LogP contribution < -0.4 is 0 Å². The van der Waals surface area contributed by atoms with E-state index in [1.165, 1.54) is 175 Å². The molecule has 5 nitrogen and oxygen atoms in total. The number of rotatable bonds is 12. The first-order valence-electron chi connectivity index (χ1n) is 45.1. The molecule has 0 aliphatic carbocycles.